The van der Waals surface area contributed by atoms with Crippen LogP contribution in [0.2, 0.25) is 0 Å². The number of carbonyl (C=O) groups is 1. The van der Waals surface area contributed by atoms with Crippen molar-refractivity contribution in [2.45, 2.75) is 25.3 Å². The summed E-state index contributed by atoms with van der Waals surface area (Å²) in [6.07, 6.45) is -1.86. The van der Waals surface area contributed by atoms with E-state index >= 15 is 0 Å². The van der Waals surface area contributed by atoms with Crippen molar-refractivity contribution in [1.29, 1.82) is 0 Å². The van der Waals surface area contributed by atoms with E-state index in [0.29, 0.717) is 4.90 Å². The van der Waals surface area contributed by atoms with Crippen molar-refractivity contribution in [2.75, 3.05) is 19.0 Å². The van der Waals surface area contributed by atoms with Gasteiger partial charge in [-0.05, 0) is 12.8 Å². The fourth-order valence-electron chi connectivity index (χ4n) is 1.95. The molecule has 18 heavy (non-hydrogen) atoms. The van der Waals surface area contributed by atoms with Gasteiger partial charge in [0, 0.05) is 19.0 Å². The molecule has 0 aromatic rings. The first-order valence-electron chi connectivity index (χ1n) is 5.42. The predicted octanol–water partition coefficient (Wildman–Crippen LogP) is 0.169. The highest BCUT2D eigenvalue weighted by Crippen LogP contribution is 2.29. The van der Waals surface area contributed by atoms with Gasteiger partial charge in [0.1, 0.15) is 5.88 Å². The highest BCUT2D eigenvalue weighted by Gasteiger charge is 2.40. The third kappa shape index (κ3) is 4.37. The molecule has 1 heterocycles. The van der Waals surface area contributed by atoms with Gasteiger partial charge < -0.3 is 10.4 Å². The first kappa shape index (κ1) is 15.1. The van der Waals surface area contributed by atoms with Crippen LogP contribution in [-0.2, 0) is 10.7 Å². The average molecular weight is 286 g/mol. The van der Waals surface area contributed by atoms with Crippen molar-refractivity contribution in [2.24, 2.45) is 5.92 Å². The molecule has 6 nitrogen and oxygen atoms in total. The number of thiol groups is 1. The molecule has 0 spiro atoms. The minimum atomic E-state index is -2.90. The van der Waals surface area contributed by atoms with Gasteiger partial charge in [0.05, 0.1) is 6.54 Å². The SMILES string of the molecule is CC1NCC(F)(F)CC1CN(C[SH](=O)=O)C(=O)O. The van der Waals surface area contributed by atoms with Crippen LogP contribution in [-0.4, -0.2) is 55.4 Å². The molecule has 0 bridgehead atoms. The zero-order chi connectivity index (χ0) is 13.9. The summed E-state index contributed by atoms with van der Waals surface area (Å²) < 4.78 is 47.5. The molecule has 1 amide bonds. The van der Waals surface area contributed by atoms with Gasteiger partial charge in [-0.3, -0.25) is 4.90 Å². The average Bonchev–Trinajstić information content (AvgIpc) is 2.21. The number of hydrogen-bond acceptors (Lipinski definition) is 4. The summed E-state index contributed by atoms with van der Waals surface area (Å²) in [5.41, 5.74) is 0. The Labute approximate surface area is 105 Å². The Balaban J connectivity index is 2.69. The van der Waals surface area contributed by atoms with Gasteiger partial charge in [-0.25, -0.2) is 22.0 Å². The maximum absolute atomic E-state index is 13.2. The zero-order valence-electron chi connectivity index (χ0n) is 9.81. The van der Waals surface area contributed by atoms with Crippen LogP contribution in [0.15, 0.2) is 0 Å². The van der Waals surface area contributed by atoms with Gasteiger partial charge in [0.2, 0.25) is 0 Å². The summed E-state index contributed by atoms with van der Waals surface area (Å²) in [6.45, 7) is 1.02. The van der Waals surface area contributed by atoms with Crippen LogP contribution < -0.4 is 5.32 Å². The van der Waals surface area contributed by atoms with Gasteiger partial charge >= 0.3 is 6.09 Å². The first-order chi connectivity index (χ1) is 8.21. The molecule has 1 aliphatic heterocycles. The van der Waals surface area contributed by atoms with E-state index in [1.807, 2.05) is 0 Å². The number of halogens is 2. The van der Waals surface area contributed by atoms with E-state index in [-0.39, 0.29) is 12.6 Å². The number of nitrogens with one attached hydrogen (secondary N) is 1. The maximum Gasteiger partial charge on any atom is 0.408 e. The van der Waals surface area contributed by atoms with Gasteiger partial charge in [0.15, 0.2) is 10.7 Å². The normalized spacial score (nSPS) is 27.1. The smallest absolute Gasteiger partial charge is 0.408 e. The van der Waals surface area contributed by atoms with Crippen LogP contribution in [0, 0.1) is 5.92 Å². The van der Waals surface area contributed by atoms with E-state index in [2.05, 4.69) is 5.32 Å². The predicted molar refractivity (Wildman–Crippen MR) is 60.4 cm³/mol. The van der Waals surface area contributed by atoms with E-state index in [4.69, 9.17) is 5.11 Å². The molecule has 106 valence electrons. The standard InChI is InChI=1S/C9H16F2N2O4S/c1-6-7(2-9(10,11)4-12-6)3-13(8(14)15)5-18(16)17/h6-7,12,18H,2-5H2,1H3,(H,14,15). The molecule has 0 radical (unpaired) electrons. The molecule has 2 N–H and O–H groups in total. The van der Waals surface area contributed by atoms with Gasteiger partial charge in [0.25, 0.3) is 5.92 Å². The van der Waals surface area contributed by atoms with Gasteiger partial charge in [-0.2, -0.15) is 0 Å². The maximum atomic E-state index is 13.2. The number of nitrogens with zero attached hydrogens (tertiary/aromatic N) is 1. The van der Waals surface area contributed by atoms with Crippen LogP contribution in [0.5, 0.6) is 0 Å². The molecule has 2 atom stereocenters. The van der Waals surface area contributed by atoms with Crippen molar-refractivity contribution >= 4 is 16.8 Å². The molecule has 1 fully saturated rings. The van der Waals surface area contributed by atoms with Crippen LogP contribution in [0.1, 0.15) is 13.3 Å². The van der Waals surface area contributed by atoms with E-state index in [1.54, 1.807) is 6.92 Å². The number of rotatable bonds is 4. The number of amides is 1. The van der Waals surface area contributed by atoms with Crippen molar-refractivity contribution in [3.63, 3.8) is 0 Å². The molecular formula is C9H16F2N2O4S. The lowest BCUT2D eigenvalue weighted by Crippen LogP contribution is -2.53. The Morgan fingerprint density at radius 3 is 2.67 bits per heavy atom. The number of alkyl halides is 2. The first-order valence-corrected chi connectivity index (χ1v) is 6.78. The molecule has 1 saturated heterocycles. The third-order valence-corrected chi connectivity index (χ3v) is 3.53. The van der Waals surface area contributed by atoms with Crippen molar-refractivity contribution in [3.05, 3.63) is 0 Å². The Morgan fingerprint density at radius 2 is 2.17 bits per heavy atom. The largest absolute Gasteiger partial charge is 0.465 e. The highest BCUT2D eigenvalue weighted by atomic mass is 32.2. The number of hydrogen-bond donors (Lipinski definition) is 3. The topological polar surface area (TPSA) is 86.7 Å². The van der Waals surface area contributed by atoms with Crippen molar-refractivity contribution in [3.8, 4) is 0 Å². The fraction of sp³-hybridized carbons (Fsp3) is 0.889. The monoisotopic (exact) mass is 286 g/mol. The second-order valence-corrected chi connectivity index (χ2v) is 5.42. The summed E-state index contributed by atoms with van der Waals surface area (Å²) in [5, 5.41) is 11.4. The summed E-state index contributed by atoms with van der Waals surface area (Å²) in [6, 6.07) is -0.281. The lowest BCUT2D eigenvalue weighted by atomic mass is 9.89. The molecular weight excluding hydrogens is 270 g/mol. The molecule has 9 heteroatoms. The minimum absolute atomic E-state index is 0.220. The molecule has 0 aliphatic carbocycles. The molecule has 0 saturated carbocycles. The van der Waals surface area contributed by atoms with Gasteiger partial charge in [-0.15, -0.1) is 0 Å². The number of carboxylic acid groups (broad SMARTS) is 1. The summed E-state index contributed by atoms with van der Waals surface area (Å²) >= 11 is 0. The van der Waals surface area contributed by atoms with Crippen LogP contribution >= 0.6 is 0 Å². The Bertz CT molecular complexity index is 381. The Kier molecular flexibility index (Phi) is 4.85. The number of piperidine rings is 1. The van der Waals surface area contributed by atoms with E-state index < -0.39 is 47.5 Å². The van der Waals surface area contributed by atoms with E-state index in [9.17, 15) is 22.0 Å². The Hall–Kier alpha value is -0.960. The van der Waals surface area contributed by atoms with Crippen molar-refractivity contribution < 1.29 is 27.1 Å². The minimum Gasteiger partial charge on any atom is -0.465 e. The molecule has 1 rings (SSSR count). The van der Waals surface area contributed by atoms with Gasteiger partial charge in [-0.1, -0.05) is 0 Å². The lowest BCUT2D eigenvalue weighted by Gasteiger charge is -2.36. The lowest BCUT2D eigenvalue weighted by molar-refractivity contribution is -0.0537. The quantitative estimate of drug-likeness (QED) is 0.641. The second kappa shape index (κ2) is 5.79. The zero-order valence-corrected chi connectivity index (χ0v) is 10.7. The fourth-order valence-corrected chi connectivity index (χ4v) is 2.47. The Morgan fingerprint density at radius 1 is 1.56 bits per heavy atom. The van der Waals surface area contributed by atoms with Crippen LogP contribution in [0.25, 0.3) is 0 Å². The highest BCUT2D eigenvalue weighted by molar-refractivity contribution is 7.72. The van der Waals surface area contributed by atoms with Crippen molar-refractivity contribution in [1.82, 2.24) is 10.2 Å². The molecule has 0 aromatic heterocycles. The third-order valence-electron chi connectivity index (χ3n) is 2.96. The summed E-state index contributed by atoms with van der Waals surface area (Å²) in [5.74, 6) is -4.17. The molecule has 1 aliphatic rings. The molecule has 2 unspecified atom stereocenters. The molecule has 0 aromatic carbocycles. The van der Waals surface area contributed by atoms with Crippen LogP contribution in [0.4, 0.5) is 13.6 Å². The summed E-state index contributed by atoms with van der Waals surface area (Å²) in [4.78, 5) is 11.5. The van der Waals surface area contributed by atoms with E-state index in [1.165, 1.54) is 0 Å². The van der Waals surface area contributed by atoms with Crippen LogP contribution in [0.3, 0.4) is 0 Å². The second-order valence-electron chi connectivity index (χ2n) is 4.47. The van der Waals surface area contributed by atoms with E-state index in [0.717, 1.165) is 0 Å². The summed E-state index contributed by atoms with van der Waals surface area (Å²) in [7, 11) is -2.90.